The highest BCUT2D eigenvalue weighted by atomic mass is 19.4. The molecule has 3 N–H and O–H groups in total. The summed E-state index contributed by atoms with van der Waals surface area (Å²) >= 11 is 0. The molecular formula is C20H18F3N9. The average molecular weight is 441 g/mol. The smallest absolute Gasteiger partial charge is 0.383 e. The van der Waals surface area contributed by atoms with Crippen LogP contribution in [0.2, 0.25) is 0 Å². The molecule has 12 heteroatoms. The minimum absolute atomic E-state index is 0.146. The minimum Gasteiger partial charge on any atom is -0.383 e. The Morgan fingerprint density at radius 1 is 0.969 bits per heavy atom. The van der Waals surface area contributed by atoms with E-state index in [4.69, 9.17) is 5.73 Å². The molecule has 32 heavy (non-hydrogen) atoms. The molecule has 0 unspecified atom stereocenters. The van der Waals surface area contributed by atoms with Crippen molar-refractivity contribution in [2.45, 2.75) is 25.8 Å². The number of pyridine rings is 3. The zero-order valence-corrected chi connectivity index (χ0v) is 16.7. The second kappa shape index (κ2) is 7.62. The fourth-order valence-electron chi connectivity index (χ4n) is 3.72. The third-order valence-corrected chi connectivity index (χ3v) is 5.32. The molecule has 0 amide bonds. The van der Waals surface area contributed by atoms with E-state index >= 15 is 0 Å². The van der Waals surface area contributed by atoms with Crippen molar-refractivity contribution in [3.05, 3.63) is 60.1 Å². The molecule has 1 aliphatic heterocycles. The van der Waals surface area contributed by atoms with Crippen molar-refractivity contribution in [1.29, 1.82) is 0 Å². The van der Waals surface area contributed by atoms with Crippen LogP contribution in [-0.2, 0) is 25.8 Å². The summed E-state index contributed by atoms with van der Waals surface area (Å²) in [6.07, 6.45) is 0.521. The number of halogens is 3. The second-order valence-electron chi connectivity index (χ2n) is 7.34. The van der Waals surface area contributed by atoms with Gasteiger partial charge in [-0.1, -0.05) is 6.07 Å². The molecule has 0 fully saturated rings. The van der Waals surface area contributed by atoms with Crippen LogP contribution in [0.25, 0.3) is 10.8 Å². The van der Waals surface area contributed by atoms with Crippen LogP contribution in [0.15, 0.2) is 42.9 Å². The predicted octanol–water partition coefficient (Wildman–Crippen LogP) is 2.85. The first-order chi connectivity index (χ1) is 15.4. The average Bonchev–Trinajstić information content (AvgIpc) is 3.22. The number of nitrogens with zero attached hydrogens (tertiary/aromatic N) is 7. The number of hydrogen-bond acceptors (Lipinski definition) is 8. The van der Waals surface area contributed by atoms with Gasteiger partial charge in [0.05, 0.1) is 6.54 Å². The number of alkyl halides is 3. The largest absolute Gasteiger partial charge is 0.451 e. The van der Waals surface area contributed by atoms with Crippen LogP contribution < -0.4 is 16.0 Å². The van der Waals surface area contributed by atoms with E-state index in [1.807, 2.05) is 29.2 Å². The lowest BCUT2D eigenvalue weighted by Gasteiger charge is -2.29. The van der Waals surface area contributed by atoms with Crippen LogP contribution in [0.4, 0.5) is 30.6 Å². The Balaban J connectivity index is 1.28. The van der Waals surface area contributed by atoms with Crippen LogP contribution in [0.1, 0.15) is 17.2 Å². The van der Waals surface area contributed by atoms with Crippen molar-refractivity contribution in [1.82, 2.24) is 29.7 Å². The summed E-state index contributed by atoms with van der Waals surface area (Å²) in [7, 11) is 0. The van der Waals surface area contributed by atoms with Crippen molar-refractivity contribution in [3.63, 3.8) is 0 Å². The third-order valence-electron chi connectivity index (χ3n) is 5.32. The Bertz CT molecular complexity index is 1270. The highest BCUT2D eigenvalue weighted by Crippen LogP contribution is 2.30. The Hall–Kier alpha value is -3.96. The topological polar surface area (TPSA) is 111 Å². The predicted molar refractivity (Wildman–Crippen MR) is 112 cm³/mol. The van der Waals surface area contributed by atoms with Crippen molar-refractivity contribution >= 4 is 28.2 Å². The Morgan fingerprint density at radius 2 is 1.78 bits per heavy atom. The molecule has 0 radical (unpaired) electrons. The van der Waals surface area contributed by atoms with Gasteiger partial charge in [0.2, 0.25) is 5.82 Å². The van der Waals surface area contributed by atoms with Crippen molar-refractivity contribution < 1.29 is 13.2 Å². The highest BCUT2D eigenvalue weighted by molar-refractivity contribution is 5.97. The van der Waals surface area contributed by atoms with Gasteiger partial charge in [-0.25, -0.2) is 15.0 Å². The second-order valence-corrected chi connectivity index (χ2v) is 7.34. The first-order valence-electron chi connectivity index (χ1n) is 9.82. The third kappa shape index (κ3) is 3.63. The van der Waals surface area contributed by atoms with Crippen LogP contribution in [-0.4, -0.2) is 36.3 Å². The normalized spacial score (nSPS) is 13.9. The molecule has 4 aromatic rings. The lowest BCUT2D eigenvalue weighted by atomic mass is 10.2. The van der Waals surface area contributed by atoms with Gasteiger partial charge in [-0.05, 0) is 23.8 Å². The van der Waals surface area contributed by atoms with Crippen LogP contribution in [0, 0.1) is 0 Å². The lowest BCUT2D eigenvalue weighted by molar-refractivity contribution is -0.147. The van der Waals surface area contributed by atoms with Crippen LogP contribution in [0.5, 0.6) is 0 Å². The van der Waals surface area contributed by atoms with Gasteiger partial charge in [-0.15, -0.1) is 10.2 Å². The van der Waals surface area contributed by atoms with Crippen molar-refractivity contribution in [2.75, 3.05) is 22.5 Å². The number of rotatable bonds is 4. The van der Waals surface area contributed by atoms with Gasteiger partial charge >= 0.3 is 6.18 Å². The fraction of sp³-hybridized carbons (Fsp3) is 0.250. The molecule has 4 aromatic heterocycles. The first kappa shape index (κ1) is 20.0. The maximum Gasteiger partial charge on any atom is 0.451 e. The molecule has 0 spiro atoms. The summed E-state index contributed by atoms with van der Waals surface area (Å²) in [4.78, 5) is 14.8. The van der Waals surface area contributed by atoms with Gasteiger partial charge in [0.1, 0.15) is 17.5 Å². The summed E-state index contributed by atoms with van der Waals surface area (Å²) < 4.78 is 40.1. The molecule has 0 aromatic carbocycles. The molecule has 0 saturated heterocycles. The van der Waals surface area contributed by atoms with Gasteiger partial charge in [-0.3, -0.25) is 0 Å². The monoisotopic (exact) mass is 441 g/mol. The molecule has 0 aliphatic carbocycles. The van der Waals surface area contributed by atoms with Gasteiger partial charge in [0.25, 0.3) is 0 Å². The Labute approximate surface area is 180 Å². The number of hydrogen-bond donors (Lipinski definition) is 2. The summed E-state index contributed by atoms with van der Waals surface area (Å²) in [5, 5.41) is 12.0. The number of nitrogens with one attached hydrogen (secondary N) is 1. The van der Waals surface area contributed by atoms with E-state index in [0.29, 0.717) is 30.5 Å². The standard InChI is InChI=1S/C20H18F3N9/c21-20(22,23)19-30-29-16-11-31(7-8-32(16)19)15-2-1-12(9-27-15)10-28-18-14-4-5-25-17(24)13(14)3-6-26-18/h1-6,9H,7-8,10-11H2,(H2,24,25)(H,26,28). The number of nitrogen functional groups attached to an aromatic ring is 1. The fourth-order valence-corrected chi connectivity index (χ4v) is 3.72. The molecule has 9 nitrogen and oxygen atoms in total. The summed E-state index contributed by atoms with van der Waals surface area (Å²) in [5.74, 6) is 1.11. The van der Waals surface area contributed by atoms with Crippen molar-refractivity contribution in [3.8, 4) is 0 Å². The summed E-state index contributed by atoms with van der Waals surface area (Å²) in [5.41, 5.74) is 6.85. The van der Waals surface area contributed by atoms with Crippen molar-refractivity contribution in [2.24, 2.45) is 0 Å². The van der Waals surface area contributed by atoms with E-state index in [0.717, 1.165) is 20.9 Å². The zero-order chi connectivity index (χ0) is 22.3. The molecule has 1 aliphatic rings. The Morgan fingerprint density at radius 3 is 2.56 bits per heavy atom. The summed E-state index contributed by atoms with van der Waals surface area (Å²) in [6.45, 7) is 1.23. The molecule has 0 atom stereocenters. The van der Waals surface area contributed by atoms with E-state index < -0.39 is 12.0 Å². The van der Waals surface area contributed by atoms with E-state index in [2.05, 4.69) is 30.5 Å². The number of nitrogens with two attached hydrogens (primary N) is 1. The lowest BCUT2D eigenvalue weighted by Crippen LogP contribution is -2.35. The molecule has 5 rings (SSSR count). The quantitative estimate of drug-likeness (QED) is 0.498. The van der Waals surface area contributed by atoms with Gasteiger partial charge in [0.15, 0.2) is 5.82 Å². The maximum absolute atomic E-state index is 13.0. The summed E-state index contributed by atoms with van der Waals surface area (Å²) in [6, 6.07) is 7.42. The van der Waals surface area contributed by atoms with Gasteiger partial charge in [0, 0.05) is 49.0 Å². The highest BCUT2D eigenvalue weighted by Gasteiger charge is 2.39. The van der Waals surface area contributed by atoms with Crippen LogP contribution >= 0.6 is 0 Å². The molecule has 164 valence electrons. The zero-order valence-electron chi connectivity index (χ0n) is 16.7. The van der Waals surface area contributed by atoms with Gasteiger partial charge in [-0.2, -0.15) is 13.2 Å². The van der Waals surface area contributed by atoms with E-state index in [1.165, 1.54) is 0 Å². The van der Waals surface area contributed by atoms with E-state index in [9.17, 15) is 13.2 Å². The van der Waals surface area contributed by atoms with Gasteiger partial charge < -0.3 is 20.5 Å². The maximum atomic E-state index is 13.0. The molecule has 0 bridgehead atoms. The number of aromatic nitrogens is 6. The van der Waals surface area contributed by atoms with E-state index in [1.54, 1.807) is 18.6 Å². The van der Waals surface area contributed by atoms with E-state index in [-0.39, 0.29) is 18.9 Å². The first-order valence-corrected chi connectivity index (χ1v) is 9.82. The molecule has 5 heterocycles. The molecular weight excluding hydrogens is 423 g/mol. The minimum atomic E-state index is -4.51. The number of anilines is 3. The SMILES string of the molecule is Nc1nccc2c(NCc3ccc(N4CCn5c(nnc5C(F)(F)F)C4)nc3)nccc12. The molecule has 0 saturated carbocycles. The Kier molecular flexibility index (Phi) is 4.76. The van der Waals surface area contributed by atoms with Crippen LogP contribution in [0.3, 0.4) is 0 Å². The number of fused-ring (bicyclic) bond motifs is 2.